The van der Waals surface area contributed by atoms with Gasteiger partial charge in [0.05, 0.1) is 15.7 Å². The molecule has 0 N–H and O–H groups in total. The maximum Gasteiger partial charge on any atom is 0.256 e. The van der Waals surface area contributed by atoms with Crippen molar-refractivity contribution in [3.8, 4) is 0 Å². The predicted octanol–water partition coefficient (Wildman–Crippen LogP) is 4.45. The molecule has 0 bridgehead atoms. The Balaban J connectivity index is 2.18. The number of carbonyl (C=O) groups is 1. The number of benzene rings is 3. The summed E-state index contributed by atoms with van der Waals surface area (Å²) in [5, 5.41) is 0. The lowest BCUT2D eigenvalue weighted by Gasteiger charge is -2.31. The zero-order valence-corrected chi connectivity index (χ0v) is 20.1. The third-order valence-electron chi connectivity index (χ3n) is 5.20. The van der Waals surface area contributed by atoms with Gasteiger partial charge in [0.1, 0.15) is 11.5 Å². The van der Waals surface area contributed by atoms with Gasteiger partial charge in [0.25, 0.3) is 20.0 Å². The van der Waals surface area contributed by atoms with Crippen LogP contribution < -0.4 is 0 Å². The molecule has 0 aromatic heterocycles. The second-order valence-corrected chi connectivity index (χ2v) is 12.0. The van der Waals surface area contributed by atoms with Crippen molar-refractivity contribution < 1.29 is 30.4 Å². The monoisotopic (exact) mass is 507 g/mol. The van der Waals surface area contributed by atoms with Crippen LogP contribution in [-0.4, -0.2) is 38.5 Å². The molecule has 0 heterocycles. The molecule has 3 rings (SSSR count). The maximum absolute atomic E-state index is 15.3. The molecule has 0 radical (unpaired) electrons. The van der Waals surface area contributed by atoms with Crippen LogP contribution >= 0.6 is 0 Å². The minimum atomic E-state index is -4.73. The van der Waals surface area contributed by atoms with Gasteiger partial charge in [-0.3, -0.25) is 4.79 Å². The molecule has 1 atom stereocenters. The molecule has 1 unspecified atom stereocenters. The Morgan fingerprint density at radius 3 is 1.71 bits per heavy atom. The number of hydrogen-bond acceptors (Lipinski definition) is 5. The average molecular weight is 508 g/mol. The largest absolute Gasteiger partial charge is 0.294 e. The van der Waals surface area contributed by atoms with E-state index in [0.29, 0.717) is 0 Å². The molecule has 0 fully saturated rings. The van der Waals surface area contributed by atoms with Gasteiger partial charge in [-0.1, -0.05) is 52.2 Å². The Morgan fingerprint density at radius 2 is 1.29 bits per heavy atom. The first-order valence-corrected chi connectivity index (χ1v) is 13.1. The molecule has 3 aromatic carbocycles. The van der Waals surface area contributed by atoms with Crippen LogP contribution in [0.5, 0.6) is 0 Å². The zero-order valence-electron chi connectivity index (χ0n) is 18.4. The van der Waals surface area contributed by atoms with Crippen molar-refractivity contribution >= 4 is 25.8 Å². The molecule has 34 heavy (non-hydrogen) atoms. The summed E-state index contributed by atoms with van der Waals surface area (Å²) in [4.78, 5) is 12.5. The molecule has 180 valence electrons. The number of halogens is 2. The maximum atomic E-state index is 15.3. The minimum absolute atomic E-state index is 0.147. The van der Waals surface area contributed by atoms with E-state index < -0.39 is 49.8 Å². The van der Waals surface area contributed by atoms with Crippen LogP contribution in [0.15, 0.2) is 94.7 Å². The highest BCUT2D eigenvalue weighted by Gasteiger charge is 2.45. The first-order chi connectivity index (χ1) is 15.8. The summed E-state index contributed by atoms with van der Waals surface area (Å²) < 4.78 is 83.1. The number of ketones is 1. The zero-order chi connectivity index (χ0) is 25.1. The quantitative estimate of drug-likeness (QED) is 0.399. The molecule has 0 aliphatic rings. The number of Topliss-reactive ketones (excluding diaryl/α,β-unsaturated/α-hetero) is 1. The van der Waals surface area contributed by atoms with Gasteiger partial charge in [-0.2, -0.15) is 0 Å². The van der Waals surface area contributed by atoms with Gasteiger partial charge in [-0.05, 0) is 50.2 Å². The number of alkyl halides is 1. The number of nitrogens with zero attached hydrogens (tertiary/aromatic N) is 1. The smallest absolute Gasteiger partial charge is 0.256 e. The van der Waals surface area contributed by atoms with Gasteiger partial charge in [-0.15, -0.1) is 0 Å². The van der Waals surface area contributed by atoms with Crippen LogP contribution in [0.2, 0.25) is 0 Å². The van der Waals surface area contributed by atoms with Crippen molar-refractivity contribution in [3.63, 3.8) is 0 Å². The fourth-order valence-corrected chi connectivity index (χ4v) is 7.06. The van der Waals surface area contributed by atoms with E-state index in [0.717, 1.165) is 26.0 Å². The van der Waals surface area contributed by atoms with Crippen molar-refractivity contribution in [2.24, 2.45) is 5.92 Å². The molecule has 0 saturated carbocycles. The highest BCUT2D eigenvalue weighted by molar-refractivity contribution is 8.04. The summed E-state index contributed by atoms with van der Waals surface area (Å²) in [5.74, 6) is -3.43. The van der Waals surface area contributed by atoms with E-state index in [1.54, 1.807) is 12.1 Å². The molecule has 6 nitrogen and oxygen atoms in total. The number of sulfonamides is 2. The Kier molecular flexibility index (Phi) is 7.35. The highest BCUT2D eigenvalue weighted by atomic mass is 32.3. The average Bonchev–Trinajstić information content (AvgIpc) is 2.79. The van der Waals surface area contributed by atoms with Crippen LogP contribution in [0.25, 0.3) is 0 Å². The summed E-state index contributed by atoms with van der Waals surface area (Å²) in [7, 11) is -9.47. The van der Waals surface area contributed by atoms with Crippen LogP contribution in [0.4, 0.5) is 8.78 Å². The third kappa shape index (κ3) is 5.40. The normalized spacial score (nSPS) is 13.6. The summed E-state index contributed by atoms with van der Waals surface area (Å²) in [6.07, 6.45) is 0. The SMILES string of the molecule is CC(C)(F)C(CN(S(=O)(=O)c1ccccc1)S(=O)(=O)c1ccccc1)C(=O)c1cccc(F)c1. The fourth-order valence-electron chi connectivity index (χ4n) is 3.35. The van der Waals surface area contributed by atoms with Gasteiger partial charge in [0.2, 0.25) is 0 Å². The second kappa shape index (κ2) is 9.73. The van der Waals surface area contributed by atoms with E-state index in [9.17, 15) is 26.0 Å². The topological polar surface area (TPSA) is 88.6 Å². The van der Waals surface area contributed by atoms with Crippen molar-refractivity contribution in [3.05, 3.63) is 96.3 Å². The predicted molar refractivity (Wildman–Crippen MR) is 123 cm³/mol. The lowest BCUT2D eigenvalue weighted by atomic mass is 9.86. The number of carbonyl (C=O) groups excluding carboxylic acids is 1. The molecule has 0 amide bonds. The Hall–Kier alpha value is -2.95. The summed E-state index contributed by atoms with van der Waals surface area (Å²) >= 11 is 0. The van der Waals surface area contributed by atoms with Gasteiger partial charge < -0.3 is 0 Å². The Bertz CT molecular complexity index is 1300. The van der Waals surface area contributed by atoms with Crippen molar-refractivity contribution in [2.75, 3.05) is 6.54 Å². The molecule has 10 heteroatoms. The molecule has 0 aliphatic heterocycles. The summed E-state index contributed by atoms with van der Waals surface area (Å²) in [5.41, 5.74) is -2.55. The molecular weight excluding hydrogens is 484 g/mol. The van der Waals surface area contributed by atoms with Crippen molar-refractivity contribution in [1.29, 1.82) is 0 Å². The first kappa shape index (κ1) is 25.7. The lowest BCUT2D eigenvalue weighted by Crippen LogP contribution is -2.47. The van der Waals surface area contributed by atoms with Gasteiger partial charge in [0, 0.05) is 12.1 Å². The summed E-state index contributed by atoms with van der Waals surface area (Å²) in [6.45, 7) is 1.06. The van der Waals surface area contributed by atoms with E-state index in [4.69, 9.17) is 0 Å². The Morgan fingerprint density at radius 1 is 0.824 bits per heavy atom. The molecule has 3 aromatic rings. The van der Waals surface area contributed by atoms with Gasteiger partial charge >= 0.3 is 0 Å². The minimum Gasteiger partial charge on any atom is -0.294 e. The lowest BCUT2D eigenvalue weighted by molar-refractivity contribution is 0.0680. The van der Waals surface area contributed by atoms with Crippen molar-refractivity contribution in [1.82, 2.24) is 3.71 Å². The van der Waals surface area contributed by atoms with Crippen LogP contribution in [0.3, 0.4) is 0 Å². The molecular formula is C24H23F2NO5S2. The number of rotatable bonds is 9. The fraction of sp³-hybridized carbons (Fsp3) is 0.208. The summed E-state index contributed by atoms with van der Waals surface area (Å²) in [6, 6.07) is 18.1. The third-order valence-corrected chi connectivity index (χ3v) is 9.49. The highest BCUT2D eigenvalue weighted by Crippen LogP contribution is 2.32. The van der Waals surface area contributed by atoms with Crippen LogP contribution in [-0.2, 0) is 20.0 Å². The van der Waals surface area contributed by atoms with Crippen LogP contribution in [0, 0.1) is 11.7 Å². The standard InChI is InChI=1S/C24H23F2NO5S2/c1-24(2,26)22(23(28)18-10-9-11-19(25)16-18)17-27(33(29,30)20-12-5-3-6-13-20)34(31,32)21-14-7-4-8-15-21/h3-16,22H,17H2,1-2H3. The molecule has 0 saturated heterocycles. The second-order valence-electron chi connectivity index (χ2n) is 8.08. The van der Waals surface area contributed by atoms with E-state index >= 15 is 4.39 Å². The first-order valence-electron chi connectivity index (χ1n) is 10.2. The molecule has 0 aliphatic carbocycles. The van der Waals surface area contributed by atoms with Crippen LogP contribution in [0.1, 0.15) is 24.2 Å². The van der Waals surface area contributed by atoms with Gasteiger partial charge in [-0.25, -0.2) is 25.6 Å². The van der Waals surface area contributed by atoms with E-state index in [1.165, 1.54) is 60.7 Å². The Labute approximate surface area is 198 Å². The van der Waals surface area contributed by atoms with E-state index in [2.05, 4.69) is 0 Å². The van der Waals surface area contributed by atoms with Crippen molar-refractivity contribution in [2.45, 2.75) is 29.3 Å². The molecule has 0 spiro atoms. The van der Waals surface area contributed by atoms with Gasteiger partial charge in [0.15, 0.2) is 5.78 Å². The van der Waals surface area contributed by atoms with E-state index in [-0.39, 0.29) is 19.1 Å². The number of hydrogen-bond donors (Lipinski definition) is 0. The van der Waals surface area contributed by atoms with E-state index in [1.807, 2.05) is 0 Å².